The van der Waals surface area contributed by atoms with Gasteiger partial charge in [0.15, 0.2) is 0 Å². The second kappa shape index (κ2) is 8.88. The van der Waals surface area contributed by atoms with Crippen molar-refractivity contribution >= 4 is 15.3 Å². The molecule has 0 radical (unpaired) electrons. The first-order valence-corrected chi connectivity index (χ1v) is 7.31. The molecule has 0 aliphatic heterocycles. The summed E-state index contributed by atoms with van der Waals surface area (Å²) in [6.07, 6.45) is 0. The molecule has 0 amide bonds. The van der Waals surface area contributed by atoms with Crippen LogP contribution >= 0.6 is 0 Å². The van der Waals surface area contributed by atoms with E-state index in [0.717, 1.165) is 0 Å². The average molecular weight is 234 g/mol. The fourth-order valence-corrected chi connectivity index (χ4v) is 3.11. The molecule has 0 fully saturated rings. The Morgan fingerprint density at radius 3 is 2.07 bits per heavy atom. The monoisotopic (exact) mass is 234 g/mol. The summed E-state index contributed by atoms with van der Waals surface area (Å²) in [6, 6.07) is 0.681. The number of carbonyl (C=O) groups is 1. The summed E-state index contributed by atoms with van der Waals surface area (Å²) in [5.41, 5.74) is 0. The number of esters is 1. The van der Waals surface area contributed by atoms with E-state index in [1.807, 2.05) is 27.7 Å². The Kier molecular flexibility index (Phi) is 8.65. The van der Waals surface area contributed by atoms with Crippen LogP contribution in [0.4, 0.5) is 0 Å². The lowest BCUT2D eigenvalue weighted by atomic mass is 10.2. The van der Waals surface area contributed by atoms with E-state index in [0.29, 0.717) is 25.9 Å². The van der Waals surface area contributed by atoms with Crippen molar-refractivity contribution in [3.63, 3.8) is 0 Å². The zero-order valence-electron chi connectivity index (χ0n) is 10.1. The van der Waals surface area contributed by atoms with Gasteiger partial charge in [0.2, 0.25) is 0 Å². The molecular weight excluding hydrogens is 212 g/mol. The molecule has 90 valence electrons. The largest absolute Gasteiger partial charge is 0.466 e. The highest BCUT2D eigenvalue weighted by Crippen LogP contribution is 2.11. The Balaban J connectivity index is 3.96. The number of rotatable bonds is 8. The molecule has 0 saturated carbocycles. The number of hydrogen-bond donors (Lipinski definition) is 0. The topological polar surface area (TPSA) is 44.8 Å². The third-order valence-electron chi connectivity index (χ3n) is 1.94. The molecule has 15 heavy (non-hydrogen) atoms. The summed E-state index contributed by atoms with van der Waals surface area (Å²) in [5.74, 6) is -0.283. The van der Waals surface area contributed by atoms with Gasteiger partial charge < -0.3 is 13.6 Å². The first kappa shape index (κ1) is 14.6. The maximum atomic E-state index is 11.4. The molecule has 0 rings (SSSR count). The Bertz CT molecular complexity index is 169. The van der Waals surface area contributed by atoms with Gasteiger partial charge in [0.25, 0.3) is 0 Å². The quantitative estimate of drug-likeness (QED) is 0.471. The van der Waals surface area contributed by atoms with Gasteiger partial charge in [-0.2, -0.15) is 0 Å². The van der Waals surface area contributed by atoms with Gasteiger partial charge in [-0.05, 0) is 20.8 Å². The minimum atomic E-state index is -1.67. The summed E-state index contributed by atoms with van der Waals surface area (Å²) >= 11 is 0. The molecule has 0 N–H and O–H groups in total. The average Bonchev–Trinajstić information content (AvgIpc) is 2.18. The predicted molar refractivity (Wildman–Crippen MR) is 61.0 cm³/mol. The Hall–Kier alpha value is -0.393. The van der Waals surface area contributed by atoms with Crippen LogP contribution in [0.25, 0.3) is 0 Å². The normalized spacial score (nSPS) is 12.9. The second-order valence-electron chi connectivity index (χ2n) is 3.23. The van der Waals surface area contributed by atoms with Gasteiger partial charge in [0, 0.05) is 19.3 Å². The van der Waals surface area contributed by atoms with Gasteiger partial charge in [0.1, 0.15) is 0 Å². The van der Waals surface area contributed by atoms with E-state index in [9.17, 15) is 4.79 Å². The van der Waals surface area contributed by atoms with Crippen molar-refractivity contribution in [3.05, 3.63) is 0 Å². The van der Waals surface area contributed by atoms with E-state index >= 15 is 0 Å². The van der Waals surface area contributed by atoms with Crippen LogP contribution in [0.1, 0.15) is 27.7 Å². The summed E-state index contributed by atoms with van der Waals surface area (Å²) in [7, 11) is -1.67. The van der Waals surface area contributed by atoms with E-state index < -0.39 is 9.28 Å². The second-order valence-corrected chi connectivity index (χ2v) is 5.23. The van der Waals surface area contributed by atoms with Crippen molar-refractivity contribution < 1.29 is 18.4 Å². The van der Waals surface area contributed by atoms with Crippen LogP contribution in [0.15, 0.2) is 0 Å². The summed E-state index contributed by atoms with van der Waals surface area (Å²) in [6.45, 7) is 9.26. The van der Waals surface area contributed by atoms with Crippen molar-refractivity contribution in [3.8, 4) is 0 Å². The molecule has 4 nitrogen and oxygen atoms in total. The number of ether oxygens (including phenoxy) is 1. The van der Waals surface area contributed by atoms with Crippen molar-refractivity contribution in [2.75, 3.05) is 19.8 Å². The van der Waals surface area contributed by atoms with Gasteiger partial charge in [-0.1, -0.05) is 6.92 Å². The van der Waals surface area contributed by atoms with Crippen LogP contribution in [0, 0.1) is 5.92 Å². The highest BCUT2D eigenvalue weighted by Gasteiger charge is 2.22. The lowest BCUT2D eigenvalue weighted by Crippen LogP contribution is -2.28. The molecule has 0 aromatic rings. The van der Waals surface area contributed by atoms with Gasteiger partial charge in [0.05, 0.1) is 12.5 Å². The molecule has 0 aromatic heterocycles. The molecule has 1 unspecified atom stereocenters. The summed E-state index contributed by atoms with van der Waals surface area (Å²) in [4.78, 5) is 11.4. The molecule has 5 heteroatoms. The Morgan fingerprint density at radius 1 is 1.13 bits per heavy atom. The van der Waals surface area contributed by atoms with E-state index in [1.54, 1.807) is 0 Å². The molecule has 0 aliphatic carbocycles. The fourth-order valence-electron chi connectivity index (χ4n) is 1.23. The smallest absolute Gasteiger partial charge is 0.322 e. The Morgan fingerprint density at radius 2 is 1.67 bits per heavy atom. The van der Waals surface area contributed by atoms with Crippen LogP contribution in [0.5, 0.6) is 0 Å². The lowest BCUT2D eigenvalue weighted by Gasteiger charge is -2.17. The summed E-state index contributed by atoms with van der Waals surface area (Å²) < 4.78 is 15.9. The van der Waals surface area contributed by atoms with Crippen LogP contribution in [-0.4, -0.2) is 35.1 Å². The van der Waals surface area contributed by atoms with Gasteiger partial charge in [-0.3, -0.25) is 4.79 Å². The van der Waals surface area contributed by atoms with Crippen molar-refractivity contribution in [2.45, 2.75) is 33.7 Å². The minimum Gasteiger partial charge on any atom is -0.466 e. The molecule has 0 heterocycles. The first-order chi connectivity index (χ1) is 7.15. The van der Waals surface area contributed by atoms with Crippen molar-refractivity contribution in [2.24, 2.45) is 5.92 Å². The van der Waals surface area contributed by atoms with Gasteiger partial charge in [-0.15, -0.1) is 0 Å². The third kappa shape index (κ3) is 6.65. The molecule has 1 atom stereocenters. The molecular formula is C10H22O4Si. The van der Waals surface area contributed by atoms with E-state index in [-0.39, 0.29) is 11.9 Å². The number of carbonyl (C=O) groups excluding carboxylic acids is 1. The predicted octanol–water partition coefficient (Wildman–Crippen LogP) is 1.48. The van der Waals surface area contributed by atoms with Gasteiger partial charge in [-0.25, -0.2) is 0 Å². The summed E-state index contributed by atoms with van der Waals surface area (Å²) in [5, 5.41) is 0. The molecule has 0 bridgehead atoms. The molecule has 0 aromatic carbocycles. The third-order valence-corrected chi connectivity index (χ3v) is 4.44. The first-order valence-electron chi connectivity index (χ1n) is 5.55. The van der Waals surface area contributed by atoms with Crippen molar-refractivity contribution in [1.29, 1.82) is 0 Å². The zero-order valence-corrected chi connectivity index (χ0v) is 11.3. The van der Waals surface area contributed by atoms with Crippen LogP contribution in [-0.2, 0) is 18.4 Å². The molecule has 0 saturated heterocycles. The molecule has 0 aliphatic rings. The number of hydrogen-bond acceptors (Lipinski definition) is 4. The van der Waals surface area contributed by atoms with Gasteiger partial charge >= 0.3 is 15.3 Å². The standard InChI is InChI=1S/C10H22O4Si/c1-5-12-10(11)9(4)8-15(13-6-2)14-7-3/h9,15H,5-8H2,1-4H3. The maximum absolute atomic E-state index is 11.4. The van der Waals surface area contributed by atoms with E-state index in [2.05, 4.69) is 0 Å². The Labute approximate surface area is 93.8 Å². The highest BCUT2D eigenvalue weighted by molar-refractivity contribution is 6.44. The zero-order chi connectivity index (χ0) is 11.7. The highest BCUT2D eigenvalue weighted by atomic mass is 28.3. The molecule has 0 spiro atoms. The fraction of sp³-hybridized carbons (Fsp3) is 0.900. The van der Waals surface area contributed by atoms with Crippen LogP contribution < -0.4 is 0 Å². The van der Waals surface area contributed by atoms with E-state index in [1.165, 1.54) is 0 Å². The van der Waals surface area contributed by atoms with Crippen LogP contribution in [0.2, 0.25) is 6.04 Å². The SMILES string of the molecule is CCOC(=O)C(C)C[SiH](OCC)OCC. The minimum absolute atomic E-state index is 0.125. The van der Waals surface area contributed by atoms with Crippen LogP contribution in [0.3, 0.4) is 0 Å². The lowest BCUT2D eigenvalue weighted by molar-refractivity contribution is -0.146. The van der Waals surface area contributed by atoms with Crippen molar-refractivity contribution in [1.82, 2.24) is 0 Å². The van der Waals surface area contributed by atoms with E-state index in [4.69, 9.17) is 13.6 Å². The maximum Gasteiger partial charge on any atom is 0.322 e.